The van der Waals surface area contributed by atoms with E-state index < -0.39 is 0 Å². The fourth-order valence-electron chi connectivity index (χ4n) is 5.35. The molecule has 39 heavy (non-hydrogen) atoms. The number of fused-ring (bicyclic) bond motifs is 3. The van der Waals surface area contributed by atoms with Crippen LogP contribution in [0, 0.1) is 0 Å². The Hall–Kier alpha value is -3.68. The van der Waals surface area contributed by atoms with Gasteiger partial charge in [0.25, 0.3) is 11.8 Å². The van der Waals surface area contributed by atoms with Crippen molar-refractivity contribution in [3.63, 3.8) is 0 Å². The molecule has 2 aliphatic heterocycles. The molecule has 2 heterocycles. The highest BCUT2D eigenvalue weighted by Gasteiger charge is 2.23. The topological polar surface area (TPSA) is 79.9 Å². The molecule has 3 aromatic carbocycles. The van der Waals surface area contributed by atoms with E-state index in [2.05, 4.69) is 39.8 Å². The van der Waals surface area contributed by atoms with Crippen molar-refractivity contribution in [1.29, 1.82) is 0 Å². The van der Waals surface area contributed by atoms with Crippen LogP contribution < -0.4 is 15.4 Å². The summed E-state index contributed by atoms with van der Waals surface area (Å²) in [6.45, 7) is 4.31. The number of likely N-dealkylation sites (tertiary alicyclic amines) is 1. The van der Waals surface area contributed by atoms with E-state index in [4.69, 9.17) is 9.47 Å². The summed E-state index contributed by atoms with van der Waals surface area (Å²) in [6.07, 6.45) is 4.19. The first-order chi connectivity index (χ1) is 19.2. The lowest BCUT2D eigenvalue weighted by molar-refractivity contribution is 0.0865. The summed E-state index contributed by atoms with van der Waals surface area (Å²) in [5, 5.41) is 6.09. The van der Waals surface area contributed by atoms with Gasteiger partial charge in [0.2, 0.25) is 0 Å². The first kappa shape index (κ1) is 26.9. The number of rotatable bonds is 5. The largest absolute Gasteiger partial charge is 0.491 e. The zero-order valence-electron chi connectivity index (χ0n) is 22.4. The molecule has 2 bridgehead atoms. The Morgan fingerprint density at radius 3 is 2.62 bits per heavy atom. The van der Waals surface area contributed by atoms with Crippen molar-refractivity contribution in [2.75, 3.05) is 46.0 Å². The van der Waals surface area contributed by atoms with E-state index in [1.54, 1.807) is 6.07 Å². The molecule has 2 N–H and O–H groups in total. The maximum atomic E-state index is 13.4. The summed E-state index contributed by atoms with van der Waals surface area (Å²) in [5.41, 5.74) is 4.30. The second-order valence-electron chi connectivity index (χ2n) is 10.1. The monoisotopic (exact) mass is 527 g/mol. The molecule has 1 unspecified atom stereocenters. The maximum absolute atomic E-state index is 13.4. The second-order valence-corrected chi connectivity index (χ2v) is 10.1. The third-order valence-electron chi connectivity index (χ3n) is 7.40. The van der Waals surface area contributed by atoms with E-state index in [1.807, 2.05) is 42.5 Å². The smallest absolute Gasteiger partial charge is 0.251 e. The first-order valence-electron chi connectivity index (χ1n) is 14.0. The average molecular weight is 528 g/mol. The molecule has 1 atom stereocenters. The minimum atomic E-state index is -0.121. The number of nitrogens with zero attached hydrogens (tertiary/aromatic N) is 1. The Bertz CT molecular complexity index is 1260. The predicted molar refractivity (Wildman–Crippen MR) is 151 cm³/mol. The van der Waals surface area contributed by atoms with E-state index in [0.29, 0.717) is 50.5 Å². The molecule has 2 amide bonds. The van der Waals surface area contributed by atoms with E-state index >= 15 is 0 Å². The lowest BCUT2D eigenvalue weighted by Gasteiger charge is -2.35. The van der Waals surface area contributed by atoms with Gasteiger partial charge in [-0.2, -0.15) is 0 Å². The van der Waals surface area contributed by atoms with Gasteiger partial charge < -0.3 is 20.1 Å². The van der Waals surface area contributed by atoms with Gasteiger partial charge >= 0.3 is 0 Å². The van der Waals surface area contributed by atoms with Gasteiger partial charge in [0, 0.05) is 30.6 Å². The minimum absolute atomic E-state index is 0.105. The SMILES string of the molecule is O=C1NCCOCCOc2ccc(C(=O)NCC(c3ccccc3)N3CCCCC3)cc2Cc2cccc1c2. The van der Waals surface area contributed by atoms with Gasteiger partial charge in [0.15, 0.2) is 0 Å². The molecular formula is C32H37N3O4. The van der Waals surface area contributed by atoms with E-state index in [-0.39, 0.29) is 17.9 Å². The molecule has 3 aromatic rings. The van der Waals surface area contributed by atoms with Crippen LogP contribution in [-0.2, 0) is 11.2 Å². The summed E-state index contributed by atoms with van der Waals surface area (Å²) in [5.74, 6) is 0.493. The summed E-state index contributed by atoms with van der Waals surface area (Å²) < 4.78 is 11.6. The minimum Gasteiger partial charge on any atom is -0.491 e. The van der Waals surface area contributed by atoms with Gasteiger partial charge in [-0.05, 0) is 73.0 Å². The number of amides is 2. The van der Waals surface area contributed by atoms with Crippen molar-refractivity contribution >= 4 is 11.8 Å². The fourth-order valence-corrected chi connectivity index (χ4v) is 5.35. The highest BCUT2D eigenvalue weighted by molar-refractivity contribution is 5.95. The highest BCUT2D eigenvalue weighted by atomic mass is 16.5. The van der Waals surface area contributed by atoms with Gasteiger partial charge in [-0.15, -0.1) is 0 Å². The quantitative estimate of drug-likeness (QED) is 0.515. The second kappa shape index (κ2) is 13.4. The van der Waals surface area contributed by atoms with Crippen molar-refractivity contribution in [1.82, 2.24) is 15.5 Å². The van der Waals surface area contributed by atoms with Crippen LogP contribution in [0.4, 0.5) is 0 Å². The van der Waals surface area contributed by atoms with E-state index in [0.717, 1.165) is 30.0 Å². The number of hydrogen-bond acceptors (Lipinski definition) is 5. The molecule has 1 fully saturated rings. The molecule has 0 radical (unpaired) electrons. The number of nitrogens with one attached hydrogen (secondary N) is 2. The predicted octanol–water partition coefficient (Wildman–Crippen LogP) is 4.37. The summed E-state index contributed by atoms with van der Waals surface area (Å²) in [4.78, 5) is 28.4. The Morgan fingerprint density at radius 2 is 1.77 bits per heavy atom. The van der Waals surface area contributed by atoms with Crippen LogP contribution in [0.1, 0.15) is 62.7 Å². The number of carbonyl (C=O) groups excluding carboxylic acids is 2. The van der Waals surface area contributed by atoms with Gasteiger partial charge in [-0.25, -0.2) is 0 Å². The molecule has 7 heteroatoms. The van der Waals surface area contributed by atoms with Crippen molar-refractivity contribution in [2.24, 2.45) is 0 Å². The van der Waals surface area contributed by atoms with Crippen LogP contribution in [0.15, 0.2) is 72.8 Å². The zero-order valence-corrected chi connectivity index (χ0v) is 22.4. The normalized spacial score (nSPS) is 17.6. The van der Waals surface area contributed by atoms with Gasteiger partial charge in [-0.3, -0.25) is 14.5 Å². The lowest BCUT2D eigenvalue weighted by atomic mass is 9.99. The van der Waals surface area contributed by atoms with Crippen LogP contribution in [-0.4, -0.2) is 62.7 Å². The van der Waals surface area contributed by atoms with Crippen molar-refractivity contribution in [2.45, 2.75) is 31.7 Å². The number of carbonyl (C=O) groups is 2. The number of benzene rings is 3. The average Bonchev–Trinajstić information content (AvgIpc) is 2.98. The molecule has 7 nitrogen and oxygen atoms in total. The summed E-state index contributed by atoms with van der Waals surface area (Å²) in [7, 11) is 0. The van der Waals surface area contributed by atoms with Crippen LogP contribution in [0.3, 0.4) is 0 Å². The Labute approximate surface area is 230 Å². The van der Waals surface area contributed by atoms with Crippen LogP contribution in [0.2, 0.25) is 0 Å². The Morgan fingerprint density at radius 1 is 0.923 bits per heavy atom. The van der Waals surface area contributed by atoms with Crippen LogP contribution >= 0.6 is 0 Å². The number of piperidine rings is 1. The van der Waals surface area contributed by atoms with Gasteiger partial charge in [0.05, 0.1) is 19.3 Å². The molecule has 0 aromatic heterocycles. The van der Waals surface area contributed by atoms with E-state index in [9.17, 15) is 9.59 Å². The third-order valence-corrected chi connectivity index (χ3v) is 7.40. The summed E-state index contributed by atoms with van der Waals surface area (Å²) >= 11 is 0. The van der Waals surface area contributed by atoms with Gasteiger partial charge in [-0.1, -0.05) is 48.9 Å². The van der Waals surface area contributed by atoms with Gasteiger partial charge in [0.1, 0.15) is 12.4 Å². The molecule has 2 aliphatic rings. The molecular weight excluding hydrogens is 490 g/mol. The number of hydrogen-bond donors (Lipinski definition) is 2. The zero-order chi connectivity index (χ0) is 26.9. The molecule has 0 saturated carbocycles. The van der Waals surface area contributed by atoms with Crippen LogP contribution in [0.25, 0.3) is 0 Å². The molecule has 1 saturated heterocycles. The van der Waals surface area contributed by atoms with Crippen molar-refractivity contribution < 1.29 is 19.1 Å². The first-order valence-corrected chi connectivity index (χ1v) is 14.0. The Balaban J connectivity index is 1.35. The lowest BCUT2D eigenvalue weighted by Crippen LogP contribution is -2.40. The van der Waals surface area contributed by atoms with Crippen molar-refractivity contribution in [3.8, 4) is 5.75 Å². The molecule has 0 spiro atoms. The standard InChI is InChI=1S/C32H37N3O4/c36-31-26-11-7-8-24(20-26)21-28-22-27(12-13-30(28)39-19-18-38-17-14-33-31)32(37)34-23-29(25-9-3-1-4-10-25)35-15-5-2-6-16-35/h1,3-4,7-13,20,22,29H,2,5-6,14-19,21,23H2,(H,33,36)(H,34,37). The number of ether oxygens (including phenoxy) is 2. The molecule has 5 rings (SSSR count). The Kier molecular flexibility index (Phi) is 9.25. The third kappa shape index (κ3) is 7.25. The van der Waals surface area contributed by atoms with Crippen molar-refractivity contribution in [3.05, 3.63) is 101 Å². The summed E-state index contributed by atoms with van der Waals surface area (Å²) in [6, 6.07) is 23.7. The molecule has 204 valence electrons. The van der Waals surface area contributed by atoms with E-state index in [1.165, 1.54) is 24.8 Å². The highest BCUT2D eigenvalue weighted by Crippen LogP contribution is 2.26. The maximum Gasteiger partial charge on any atom is 0.251 e. The van der Waals surface area contributed by atoms with Crippen LogP contribution in [0.5, 0.6) is 5.75 Å². The fraction of sp³-hybridized carbons (Fsp3) is 0.375. The molecule has 0 aliphatic carbocycles.